The summed E-state index contributed by atoms with van der Waals surface area (Å²) in [5, 5.41) is 19.6. The molecule has 0 aliphatic heterocycles. The maximum absolute atomic E-state index is 13.2. The first-order valence-electron chi connectivity index (χ1n) is 12.7. The lowest BCUT2D eigenvalue weighted by Gasteiger charge is -2.28. The van der Waals surface area contributed by atoms with Gasteiger partial charge in [0.2, 0.25) is 5.91 Å². The van der Waals surface area contributed by atoms with E-state index >= 15 is 0 Å². The molecule has 3 heterocycles. The standard InChI is InChI=1S/C27H31N7O2/c1-16(2)31-23-12-24(34-10-9-19-11-17(13-28)14-30-25(19)34)29-15-22(23)27(36)33-20-5-3-18(4-6-20)26(35)32-21-7-8-21/h9-12,14-16,18,20-21H,3-8H2,1-2H3,(H,29,31)(H,32,35)(H,33,36). The molecule has 36 heavy (non-hydrogen) atoms. The third-order valence-electron chi connectivity index (χ3n) is 6.84. The van der Waals surface area contributed by atoms with Gasteiger partial charge in [-0.3, -0.25) is 14.2 Å². The van der Waals surface area contributed by atoms with Crippen LogP contribution in [0.25, 0.3) is 16.9 Å². The Morgan fingerprint density at radius 2 is 1.75 bits per heavy atom. The summed E-state index contributed by atoms with van der Waals surface area (Å²) in [6.07, 6.45) is 10.3. The summed E-state index contributed by atoms with van der Waals surface area (Å²) in [5.41, 5.74) is 2.37. The minimum atomic E-state index is -0.169. The Balaban J connectivity index is 1.31. The van der Waals surface area contributed by atoms with E-state index in [9.17, 15) is 9.59 Å². The normalized spacial score (nSPS) is 19.6. The summed E-state index contributed by atoms with van der Waals surface area (Å²) in [6.45, 7) is 4.04. The van der Waals surface area contributed by atoms with Crippen molar-refractivity contribution < 1.29 is 9.59 Å². The van der Waals surface area contributed by atoms with E-state index in [-0.39, 0.29) is 29.8 Å². The zero-order valence-corrected chi connectivity index (χ0v) is 20.6. The van der Waals surface area contributed by atoms with Crippen LogP contribution in [0.3, 0.4) is 0 Å². The molecule has 0 unspecified atom stereocenters. The van der Waals surface area contributed by atoms with Gasteiger partial charge in [0.05, 0.1) is 16.8 Å². The number of fused-ring (bicyclic) bond motifs is 1. The average molecular weight is 486 g/mol. The van der Waals surface area contributed by atoms with Crippen LogP contribution < -0.4 is 16.0 Å². The highest BCUT2D eigenvalue weighted by Gasteiger charge is 2.31. The van der Waals surface area contributed by atoms with Crippen molar-refractivity contribution in [3.05, 3.63) is 47.9 Å². The van der Waals surface area contributed by atoms with Crippen molar-refractivity contribution in [2.45, 2.75) is 70.5 Å². The molecule has 9 nitrogen and oxygen atoms in total. The van der Waals surface area contributed by atoms with Crippen LogP contribution in [0.5, 0.6) is 0 Å². The fourth-order valence-corrected chi connectivity index (χ4v) is 4.77. The number of pyridine rings is 2. The average Bonchev–Trinajstić information content (AvgIpc) is 3.58. The third-order valence-corrected chi connectivity index (χ3v) is 6.84. The molecule has 0 radical (unpaired) electrons. The number of amides is 2. The fraction of sp³-hybridized carbons (Fsp3) is 0.444. The van der Waals surface area contributed by atoms with Crippen LogP contribution in [0, 0.1) is 17.2 Å². The summed E-state index contributed by atoms with van der Waals surface area (Å²) < 4.78 is 1.84. The van der Waals surface area contributed by atoms with Gasteiger partial charge in [-0.2, -0.15) is 5.26 Å². The molecular formula is C27H31N7O2. The van der Waals surface area contributed by atoms with Crippen molar-refractivity contribution in [2.24, 2.45) is 5.92 Å². The van der Waals surface area contributed by atoms with Gasteiger partial charge in [-0.1, -0.05) is 0 Å². The van der Waals surface area contributed by atoms with Gasteiger partial charge in [-0.15, -0.1) is 0 Å². The summed E-state index contributed by atoms with van der Waals surface area (Å²) in [5.74, 6) is 0.676. The lowest BCUT2D eigenvalue weighted by Crippen LogP contribution is -2.41. The highest BCUT2D eigenvalue weighted by molar-refractivity contribution is 6.00. The monoisotopic (exact) mass is 485 g/mol. The molecule has 0 aromatic carbocycles. The van der Waals surface area contributed by atoms with E-state index < -0.39 is 0 Å². The Hall–Kier alpha value is -3.93. The molecule has 2 fully saturated rings. The van der Waals surface area contributed by atoms with Crippen LogP contribution in [0.15, 0.2) is 36.8 Å². The van der Waals surface area contributed by atoms with Gasteiger partial charge in [-0.25, -0.2) is 9.97 Å². The molecule has 5 rings (SSSR count). The Kier molecular flexibility index (Phi) is 6.59. The van der Waals surface area contributed by atoms with Gasteiger partial charge in [0.15, 0.2) is 0 Å². The lowest BCUT2D eigenvalue weighted by molar-refractivity contribution is -0.126. The topological polar surface area (TPSA) is 125 Å². The molecule has 3 aromatic heterocycles. The first-order valence-corrected chi connectivity index (χ1v) is 12.7. The molecule has 2 aliphatic rings. The Labute approximate surface area is 210 Å². The van der Waals surface area contributed by atoms with E-state index in [4.69, 9.17) is 5.26 Å². The number of hydrogen-bond donors (Lipinski definition) is 3. The number of rotatable bonds is 7. The van der Waals surface area contributed by atoms with Gasteiger partial charge in [0, 0.05) is 54.1 Å². The Morgan fingerprint density at radius 1 is 1.03 bits per heavy atom. The van der Waals surface area contributed by atoms with Crippen molar-refractivity contribution in [2.75, 3.05) is 5.32 Å². The Bertz CT molecular complexity index is 1330. The second-order valence-electron chi connectivity index (χ2n) is 10.1. The van der Waals surface area contributed by atoms with Crippen molar-refractivity contribution >= 4 is 28.5 Å². The van der Waals surface area contributed by atoms with Crippen LogP contribution in [0.4, 0.5) is 5.69 Å². The Morgan fingerprint density at radius 3 is 2.44 bits per heavy atom. The van der Waals surface area contributed by atoms with Crippen LogP contribution in [-0.4, -0.2) is 44.5 Å². The second-order valence-corrected chi connectivity index (χ2v) is 10.1. The second kappa shape index (κ2) is 9.97. The first-order chi connectivity index (χ1) is 17.4. The quantitative estimate of drug-likeness (QED) is 0.469. The molecule has 3 N–H and O–H groups in total. The van der Waals surface area contributed by atoms with Gasteiger partial charge in [-0.05, 0) is 64.5 Å². The number of aromatic nitrogens is 3. The third kappa shape index (κ3) is 5.18. The predicted molar refractivity (Wildman–Crippen MR) is 137 cm³/mol. The van der Waals surface area contributed by atoms with E-state index in [1.54, 1.807) is 12.3 Å². The molecular weight excluding hydrogens is 454 g/mol. The van der Waals surface area contributed by atoms with E-state index in [1.807, 2.05) is 36.7 Å². The van der Waals surface area contributed by atoms with E-state index in [0.29, 0.717) is 34.3 Å². The minimum Gasteiger partial charge on any atom is -0.382 e. The maximum Gasteiger partial charge on any atom is 0.255 e. The molecule has 186 valence electrons. The minimum absolute atomic E-state index is 0.0426. The first kappa shape index (κ1) is 23.8. The van der Waals surface area contributed by atoms with Crippen LogP contribution in [0.2, 0.25) is 0 Å². The van der Waals surface area contributed by atoms with Crippen LogP contribution in [0.1, 0.15) is 68.3 Å². The van der Waals surface area contributed by atoms with Crippen LogP contribution in [-0.2, 0) is 4.79 Å². The van der Waals surface area contributed by atoms with Gasteiger partial charge in [0.1, 0.15) is 17.5 Å². The molecule has 0 spiro atoms. The van der Waals surface area contributed by atoms with Crippen LogP contribution >= 0.6 is 0 Å². The summed E-state index contributed by atoms with van der Waals surface area (Å²) >= 11 is 0. The number of carbonyl (C=O) groups is 2. The largest absolute Gasteiger partial charge is 0.382 e. The number of carbonyl (C=O) groups excluding carboxylic acids is 2. The molecule has 9 heteroatoms. The summed E-state index contributed by atoms with van der Waals surface area (Å²) in [4.78, 5) is 34.6. The summed E-state index contributed by atoms with van der Waals surface area (Å²) in [7, 11) is 0. The van der Waals surface area contributed by atoms with Crippen molar-refractivity contribution in [1.29, 1.82) is 5.26 Å². The fourth-order valence-electron chi connectivity index (χ4n) is 4.77. The zero-order valence-electron chi connectivity index (χ0n) is 20.6. The number of anilines is 1. The molecule has 2 saturated carbocycles. The molecule has 0 saturated heterocycles. The number of hydrogen-bond acceptors (Lipinski definition) is 6. The summed E-state index contributed by atoms with van der Waals surface area (Å²) in [6, 6.07) is 8.18. The van der Waals surface area contributed by atoms with E-state index in [1.165, 1.54) is 6.20 Å². The van der Waals surface area contributed by atoms with E-state index in [2.05, 4.69) is 32.0 Å². The predicted octanol–water partition coefficient (Wildman–Crippen LogP) is 3.68. The SMILES string of the molecule is CC(C)Nc1cc(-n2ccc3cc(C#N)cnc32)ncc1C(=O)NC1CCC(C(=O)NC2CC2)CC1. The molecule has 3 aromatic rings. The highest BCUT2D eigenvalue weighted by Crippen LogP contribution is 2.28. The van der Waals surface area contributed by atoms with Gasteiger partial charge < -0.3 is 16.0 Å². The lowest BCUT2D eigenvalue weighted by atomic mass is 9.85. The van der Waals surface area contributed by atoms with Crippen molar-refractivity contribution in [1.82, 2.24) is 25.2 Å². The molecule has 2 aliphatic carbocycles. The van der Waals surface area contributed by atoms with Gasteiger partial charge >= 0.3 is 0 Å². The zero-order chi connectivity index (χ0) is 25.2. The maximum atomic E-state index is 13.2. The van der Waals surface area contributed by atoms with Crippen molar-refractivity contribution in [3.8, 4) is 11.9 Å². The molecule has 2 amide bonds. The smallest absolute Gasteiger partial charge is 0.255 e. The highest BCUT2D eigenvalue weighted by atomic mass is 16.2. The number of nitriles is 1. The van der Waals surface area contributed by atoms with Gasteiger partial charge in [0.25, 0.3) is 5.91 Å². The molecule has 0 bridgehead atoms. The number of nitrogens with one attached hydrogen (secondary N) is 3. The number of nitrogens with zero attached hydrogens (tertiary/aromatic N) is 4. The van der Waals surface area contributed by atoms with Crippen molar-refractivity contribution in [3.63, 3.8) is 0 Å². The molecule has 0 atom stereocenters. The van der Waals surface area contributed by atoms with E-state index in [0.717, 1.165) is 43.9 Å².